The van der Waals surface area contributed by atoms with E-state index in [9.17, 15) is 22.0 Å². The van der Waals surface area contributed by atoms with Crippen molar-refractivity contribution in [3.8, 4) is 22.6 Å². The van der Waals surface area contributed by atoms with E-state index in [-0.39, 0.29) is 35.7 Å². The van der Waals surface area contributed by atoms with Gasteiger partial charge in [0.2, 0.25) is 0 Å². The van der Waals surface area contributed by atoms with Crippen LogP contribution in [0.1, 0.15) is 48.0 Å². The molecule has 192 valence electrons. The Balaban J connectivity index is 1.33. The third-order valence-corrected chi connectivity index (χ3v) is 6.08. The van der Waals surface area contributed by atoms with Crippen LogP contribution in [0.3, 0.4) is 0 Å². The summed E-state index contributed by atoms with van der Waals surface area (Å²) < 4.78 is 74.5. The van der Waals surface area contributed by atoms with E-state index in [1.54, 1.807) is 11.1 Å². The summed E-state index contributed by atoms with van der Waals surface area (Å²) in [5.74, 6) is -1.51. The number of aromatic amines is 1. The van der Waals surface area contributed by atoms with E-state index >= 15 is 0 Å². The molecule has 0 aliphatic carbocycles. The fourth-order valence-corrected chi connectivity index (χ4v) is 4.19. The minimum Gasteiger partial charge on any atom is -0.359 e. The highest BCUT2D eigenvalue weighted by atomic mass is 19.4. The molecule has 0 amide bonds. The normalized spacial score (nSPS) is 13.3. The highest BCUT2D eigenvalue weighted by molar-refractivity contribution is 5.80. The standard InChI is InChI=1S/C26H22F5N5O/c1-2-3-5-15-8-9-17(19(10-15)26(29,30)31)21-11-16(37-35-21)13-36-14-23-22(12-32-36)33-25(34-23)18-6-4-7-20(27)24(18)28/h4,6-12H,2-3,5,13-14H2,1H3,(H,33,34). The largest absolute Gasteiger partial charge is 0.417 e. The van der Waals surface area contributed by atoms with Gasteiger partial charge in [0.25, 0.3) is 0 Å². The van der Waals surface area contributed by atoms with E-state index in [0.29, 0.717) is 29.1 Å². The number of nitrogens with one attached hydrogen (secondary N) is 1. The lowest BCUT2D eigenvalue weighted by atomic mass is 9.98. The predicted molar refractivity (Wildman–Crippen MR) is 126 cm³/mol. The molecule has 0 spiro atoms. The Morgan fingerprint density at radius 2 is 1.92 bits per heavy atom. The number of rotatable bonds is 7. The molecule has 0 bridgehead atoms. The Morgan fingerprint density at radius 1 is 1.08 bits per heavy atom. The van der Waals surface area contributed by atoms with Crippen LogP contribution in [0.4, 0.5) is 22.0 Å². The number of aryl methyl sites for hydroxylation is 1. The van der Waals surface area contributed by atoms with Gasteiger partial charge in [0.05, 0.1) is 41.8 Å². The number of aromatic nitrogens is 3. The van der Waals surface area contributed by atoms with Crippen LogP contribution in [-0.2, 0) is 25.7 Å². The molecule has 1 N–H and O–H groups in total. The van der Waals surface area contributed by atoms with Gasteiger partial charge in [0, 0.05) is 11.6 Å². The topological polar surface area (TPSA) is 70.3 Å². The molecule has 11 heteroatoms. The average molecular weight is 515 g/mol. The number of nitrogens with zero attached hydrogens (tertiary/aromatic N) is 4. The highest BCUT2D eigenvalue weighted by Gasteiger charge is 2.35. The van der Waals surface area contributed by atoms with E-state index in [1.165, 1.54) is 36.5 Å². The van der Waals surface area contributed by atoms with E-state index < -0.39 is 23.4 Å². The average Bonchev–Trinajstić information content (AvgIpc) is 3.50. The van der Waals surface area contributed by atoms with Gasteiger partial charge in [0.1, 0.15) is 11.5 Å². The lowest BCUT2D eigenvalue weighted by molar-refractivity contribution is -0.137. The first kappa shape index (κ1) is 24.7. The molecule has 0 unspecified atom stereocenters. The van der Waals surface area contributed by atoms with E-state index in [4.69, 9.17) is 4.52 Å². The van der Waals surface area contributed by atoms with Gasteiger partial charge in [-0.3, -0.25) is 5.01 Å². The quantitative estimate of drug-likeness (QED) is 0.278. The molecule has 0 saturated carbocycles. The molecular formula is C26H22F5N5O. The van der Waals surface area contributed by atoms with Crippen molar-refractivity contribution in [2.24, 2.45) is 5.10 Å². The van der Waals surface area contributed by atoms with Gasteiger partial charge < -0.3 is 9.51 Å². The van der Waals surface area contributed by atoms with Crippen LogP contribution in [0.15, 0.2) is 52.1 Å². The maximum atomic E-state index is 14.2. The molecule has 2 aromatic carbocycles. The number of H-pyrrole nitrogens is 1. The van der Waals surface area contributed by atoms with Gasteiger partial charge in [-0.05, 0) is 36.6 Å². The second-order valence-electron chi connectivity index (χ2n) is 8.77. The van der Waals surface area contributed by atoms with Crippen molar-refractivity contribution in [2.45, 2.75) is 45.5 Å². The maximum Gasteiger partial charge on any atom is 0.417 e. The van der Waals surface area contributed by atoms with Crippen LogP contribution in [0.2, 0.25) is 0 Å². The molecule has 0 fully saturated rings. The monoisotopic (exact) mass is 515 g/mol. The molecule has 0 atom stereocenters. The lowest BCUT2D eigenvalue weighted by Gasteiger charge is -2.19. The zero-order valence-corrected chi connectivity index (χ0v) is 19.7. The summed E-state index contributed by atoms with van der Waals surface area (Å²) >= 11 is 0. The third kappa shape index (κ3) is 5.11. The van der Waals surface area contributed by atoms with Crippen molar-refractivity contribution in [2.75, 3.05) is 0 Å². The minimum absolute atomic E-state index is 0.00425. The smallest absolute Gasteiger partial charge is 0.359 e. The van der Waals surface area contributed by atoms with Crippen molar-refractivity contribution in [1.82, 2.24) is 20.1 Å². The van der Waals surface area contributed by atoms with Crippen LogP contribution < -0.4 is 0 Å². The molecular weight excluding hydrogens is 493 g/mol. The van der Waals surface area contributed by atoms with Crippen molar-refractivity contribution in [1.29, 1.82) is 0 Å². The van der Waals surface area contributed by atoms with Crippen molar-refractivity contribution in [3.63, 3.8) is 0 Å². The van der Waals surface area contributed by atoms with Crippen LogP contribution in [0.25, 0.3) is 22.6 Å². The summed E-state index contributed by atoms with van der Waals surface area (Å²) in [5.41, 5.74) is 0.986. The fourth-order valence-electron chi connectivity index (χ4n) is 4.19. The van der Waals surface area contributed by atoms with Crippen molar-refractivity contribution >= 4 is 6.21 Å². The first-order chi connectivity index (χ1) is 17.7. The summed E-state index contributed by atoms with van der Waals surface area (Å²) in [4.78, 5) is 7.30. The third-order valence-electron chi connectivity index (χ3n) is 6.08. The Bertz CT molecular complexity index is 1460. The van der Waals surface area contributed by atoms with Gasteiger partial charge in [-0.25, -0.2) is 13.8 Å². The van der Waals surface area contributed by atoms with Crippen LogP contribution in [0.5, 0.6) is 0 Å². The number of hydrogen-bond donors (Lipinski definition) is 1. The number of halogens is 5. The Kier molecular flexibility index (Phi) is 6.53. The first-order valence-corrected chi connectivity index (χ1v) is 11.7. The molecule has 0 radical (unpaired) electrons. The van der Waals surface area contributed by atoms with E-state index in [0.717, 1.165) is 18.9 Å². The van der Waals surface area contributed by atoms with Crippen LogP contribution in [0, 0.1) is 11.6 Å². The molecule has 1 aliphatic heterocycles. The SMILES string of the molecule is CCCCc1ccc(-c2cc(CN3Cc4nc(-c5cccc(F)c5F)[nH]c4C=N3)on2)c(C(F)(F)F)c1. The van der Waals surface area contributed by atoms with Crippen LogP contribution in [-0.4, -0.2) is 26.3 Å². The van der Waals surface area contributed by atoms with Crippen molar-refractivity contribution in [3.05, 3.63) is 82.4 Å². The lowest BCUT2D eigenvalue weighted by Crippen LogP contribution is -2.21. The zero-order chi connectivity index (χ0) is 26.2. The number of benzene rings is 2. The van der Waals surface area contributed by atoms with Gasteiger partial charge in [0.15, 0.2) is 17.4 Å². The summed E-state index contributed by atoms with van der Waals surface area (Å²) in [7, 11) is 0. The second-order valence-corrected chi connectivity index (χ2v) is 8.77. The number of hydrogen-bond acceptors (Lipinski definition) is 5. The summed E-state index contributed by atoms with van der Waals surface area (Å²) in [6, 6.07) is 9.57. The number of hydrazone groups is 1. The zero-order valence-electron chi connectivity index (χ0n) is 19.7. The number of unbranched alkanes of at least 4 members (excludes halogenated alkanes) is 1. The molecule has 0 saturated heterocycles. The Morgan fingerprint density at radius 3 is 2.70 bits per heavy atom. The van der Waals surface area contributed by atoms with Crippen LogP contribution >= 0.6 is 0 Å². The van der Waals surface area contributed by atoms with E-state index in [2.05, 4.69) is 20.2 Å². The van der Waals surface area contributed by atoms with Crippen molar-refractivity contribution < 1.29 is 26.5 Å². The molecule has 5 rings (SSSR count). The first-order valence-electron chi connectivity index (χ1n) is 11.7. The summed E-state index contributed by atoms with van der Waals surface area (Å²) in [6.07, 6.45) is -0.793. The molecule has 3 heterocycles. The molecule has 2 aromatic heterocycles. The van der Waals surface area contributed by atoms with Gasteiger partial charge in [-0.15, -0.1) is 0 Å². The fraction of sp³-hybridized carbons (Fsp3) is 0.269. The van der Waals surface area contributed by atoms with E-state index in [1.807, 2.05) is 6.92 Å². The Labute approximate surface area is 208 Å². The second kappa shape index (κ2) is 9.79. The van der Waals surface area contributed by atoms with Gasteiger partial charge in [-0.1, -0.05) is 36.7 Å². The number of fused-ring (bicyclic) bond motifs is 1. The maximum absolute atomic E-state index is 14.2. The summed E-state index contributed by atoms with van der Waals surface area (Å²) in [5, 5.41) is 9.75. The molecule has 37 heavy (non-hydrogen) atoms. The summed E-state index contributed by atoms with van der Waals surface area (Å²) in [6.45, 7) is 2.32. The number of imidazole rings is 1. The molecule has 6 nitrogen and oxygen atoms in total. The minimum atomic E-state index is -4.54. The predicted octanol–water partition coefficient (Wildman–Crippen LogP) is 6.72. The number of alkyl halides is 3. The molecule has 4 aromatic rings. The molecule has 1 aliphatic rings. The van der Waals surface area contributed by atoms with Gasteiger partial charge in [-0.2, -0.15) is 18.3 Å². The van der Waals surface area contributed by atoms with Gasteiger partial charge >= 0.3 is 6.18 Å². The Hall–Kier alpha value is -4.02. The highest BCUT2D eigenvalue weighted by Crippen LogP contribution is 2.38.